The molecule has 104 valence electrons. The van der Waals surface area contributed by atoms with Crippen LogP contribution in [0.1, 0.15) is 42.5 Å². The number of benzene rings is 1. The Kier molecular flexibility index (Phi) is 4.91. The van der Waals surface area contributed by atoms with E-state index in [1.54, 1.807) is 6.07 Å². The van der Waals surface area contributed by atoms with Gasteiger partial charge < -0.3 is 9.47 Å². The molecule has 1 unspecified atom stereocenters. The highest BCUT2D eigenvalue weighted by molar-refractivity contribution is 5.96. The minimum absolute atomic E-state index is 0.146. The van der Waals surface area contributed by atoms with Crippen LogP contribution >= 0.6 is 0 Å². The molecule has 1 aliphatic rings. The highest BCUT2D eigenvalue weighted by Crippen LogP contribution is 2.21. The van der Waals surface area contributed by atoms with Crippen molar-refractivity contribution in [3.63, 3.8) is 0 Å². The van der Waals surface area contributed by atoms with E-state index >= 15 is 0 Å². The average molecular weight is 266 g/mol. The number of carbonyl (C=O) groups excluding carboxylic acids is 1. The normalized spacial score (nSPS) is 18.5. The zero-order valence-electron chi connectivity index (χ0n) is 11.2. The lowest BCUT2D eigenvalue weighted by atomic mass is 10.0. The van der Waals surface area contributed by atoms with E-state index in [-0.39, 0.29) is 17.5 Å². The standard InChI is InChI=1S/C15H19FO3/c1-18-12-7-8-13(14(16)10-12)15(17)6-2-4-11-5-3-9-19-11/h7-8,10-11H,2-6,9H2,1H3. The molecular formula is C15H19FO3. The lowest BCUT2D eigenvalue weighted by molar-refractivity contribution is 0.0920. The second kappa shape index (κ2) is 6.66. The molecule has 0 aliphatic carbocycles. The first-order chi connectivity index (χ1) is 9.20. The summed E-state index contributed by atoms with van der Waals surface area (Å²) < 4.78 is 24.1. The summed E-state index contributed by atoms with van der Waals surface area (Å²) in [6, 6.07) is 4.34. The van der Waals surface area contributed by atoms with E-state index in [1.807, 2.05) is 0 Å². The van der Waals surface area contributed by atoms with Crippen molar-refractivity contribution >= 4 is 5.78 Å². The van der Waals surface area contributed by atoms with Gasteiger partial charge in [-0.1, -0.05) is 0 Å². The number of Topliss-reactive ketones (excluding diaryl/α,β-unsaturated/α-hetero) is 1. The van der Waals surface area contributed by atoms with Crippen molar-refractivity contribution in [3.05, 3.63) is 29.6 Å². The highest BCUT2D eigenvalue weighted by atomic mass is 19.1. The Labute approximate surface area is 112 Å². The number of hydrogen-bond acceptors (Lipinski definition) is 3. The first-order valence-electron chi connectivity index (χ1n) is 6.69. The summed E-state index contributed by atoms with van der Waals surface area (Å²) in [5.74, 6) is -0.243. The first-order valence-corrected chi connectivity index (χ1v) is 6.69. The van der Waals surface area contributed by atoms with Gasteiger partial charge in [0.1, 0.15) is 11.6 Å². The van der Waals surface area contributed by atoms with Crippen molar-refractivity contribution in [3.8, 4) is 5.75 Å². The number of ketones is 1. The smallest absolute Gasteiger partial charge is 0.165 e. The van der Waals surface area contributed by atoms with Crippen molar-refractivity contribution in [1.29, 1.82) is 0 Å². The predicted octanol–water partition coefficient (Wildman–Crippen LogP) is 3.37. The van der Waals surface area contributed by atoms with Crippen molar-refractivity contribution < 1.29 is 18.7 Å². The lowest BCUT2D eigenvalue weighted by Gasteiger charge is -2.09. The predicted molar refractivity (Wildman–Crippen MR) is 70.1 cm³/mol. The van der Waals surface area contributed by atoms with Crippen molar-refractivity contribution in [2.24, 2.45) is 0 Å². The molecule has 1 aliphatic heterocycles. The van der Waals surface area contributed by atoms with Crippen LogP contribution in [-0.2, 0) is 4.74 Å². The number of carbonyl (C=O) groups is 1. The van der Waals surface area contributed by atoms with Crippen LogP contribution in [0, 0.1) is 5.82 Å². The molecule has 2 rings (SSSR count). The van der Waals surface area contributed by atoms with E-state index in [2.05, 4.69) is 0 Å². The molecule has 3 nitrogen and oxygen atoms in total. The van der Waals surface area contributed by atoms with Gasteiger partial charge in [0.2, 0.25) is 0 Å². The SMILES string of the molecule is COc1ccc(C(=O)CCCC2CCCO2)c(F)c1. The summed E-state index contributed by atoms with van der Waals surface area (Å²) in [7, 11) is 1.47. The Bertz CT molecular complexity index is 439. The molecule has 1 fully saturated rings. The number of methoxy groups -OCH3 is 1. The van der Waals surface area contributed by atoms with E-state index < -0.39 is 5.82 Å². The third-order valence-electron chi connectivity index (χ3n) is 3.43. The van der Waals surface area contributed by atoms with Gasteiger partial charge in [0.15, 0.2) is 5.78 Å². The summed E-state index contributed by atoms with van der Waals surface area (Å²) in [5.41, 5.74) is 0.146. The minimum atomic E-state index is -0.513. The third-order valence-corrected chi connectivity index (χ3v) is 3.43. The molecule has 0 spiro atoms. The molecule has 1 heterocycles. The Morgan fingerprint density at radius 3 is 3.00 bits per heavy atom. The summed E-state index contributed by atoms with van der Waals surface area (Å²) in [4.78, 5) is 11.9. The van der Waals surface area contributed by atoms with Crippen molar-refractivity contribution in [2.75, 3.05) is 13.7 Å². The maximum atomic E-state index is 13.7. The van der Waals surface area contributed by atoms with Crippen LogP contribution in [0.3, 0.4) is 0 Å². The molecule has 0 radical (unpaired) electrons. The van der Waals surface area contributed by atoms with Gasteiger partial charge in [-0.25, -0.2) is 4.39 Å². The van der Waals surface area contributed by atoms with E-state index in [0.717, 1.165) is 32.3 Å². The van der Waals surface area contributed by atoms with Gasteiger partial charge in [-0.3, -0.25) is 4.79 Å². The van der Waals surface area contributed by atoms with Gasteiger partial charge in [-0.15, -0.1) is 0 Å². The highest BCUT2D eigenvalue weighted by Gasteiger charge is 2.17. The molecule has 1 saturated heterocycles. The molecule has 0 bridgehead atoms. The van der Waals surface area contributed by atoms with Crippen LogP contribution in [0.5, 0.6) is 5.75 Å². The van der Waals surface area contributed by atoms with Crippen LogP contribution in [0.4, 0.5) is 4.39 Å². The molecule has 1 aromatic rings. The van der Waals surface area contributed by atoms with Crippen LogP contribution < -0.4 is 4.74 Å². The largest absolute Gasteiger partial charge is 0.497 e. The third kappa shape index (κ3) is 3.77. The maximum absolute atomic E-state index is 13.7. The quantitative estimate of drug-likeness (QED) is 0.741. The van der Waals surface area contributed by atoms with Gasteiger partial charge >= 0.3 is 0 Å². The van der Waals surface area contributed by atoms with Crippen LogP contribution in [0.15, 0.2) is 18.2 Å². The minimum Gasteiger partial charge on any atom is -0.497 e. The zero-order chi connectivity index (χ0) is 13.7. The molecule has 4 heteroatoms. The Morgan fingerprint density at radius 1 is 1.53 bits per heavy atom. The summed E-state index contributed by atoms with van der Waals surface area (Å²) in [6.07, 6.45) is 4.45. The van der Waals surface area contributed by atoms with E-state index in [1.165, 1.54) is 19.2 Å². The van der Waals surface area contributed by atoms with E-state index in [9.17, 15) is 9.18 Å². The van der Waals surface area contributed by atoms with Crippen molar-refractivity contribution in [1.82, 2.24) is 0 Å². The van der Waals surface area contributed by atoms with Gasteiger partial charge in [-0.05, 0) is 37.8 Å². The second-order valence-electron chi connectivity index (χ2n) is 4.80. The maximum Gasteiger partial charge on any atom is 0.165 e. The van der Waals surface area contributed by atoms with Crippen LogP contribution in [-0.4, -0.2) is 25.6 Å². The average Bonchev–Trinajstić information content (AvgIpc) is 2.91. The second-order valence-corrected chi connectivity index (χ2v) is 4.80. The monoisotopic (exact) mass is 266 g/mol. The van der Waals surface area contributed by atoms with Crippen molar-refractivity contribution in [2.45, 2.75) is 38.2 Å². The van der Waals surface area contributed by atoms with Gasteiger partial charge in [0.05, 0.1) is 18.8 Å². The fraction of sp³-hybridized carbons (Fsp3) is 0.533. The molecule has 0 N–H and O–H groups in total. The summed E-state index contributed by atoms with van der Waals surface area (Å²) >= 11 is 0. The molecule has 0 amide bonds. The zero-order valence-corrected chi connectivity index (χ0v) is 11.2. The van der Waals surface area contributed by atoms with E-state index in [0.29, 0.717) is 12.2 Å². The Balaban J connectivity index is 1.85. The topological polar surface area (TPSA) is 35.5 Å². The Morgan fingerprint density at radius 2 is 2.37 bits per heavy atom. The van der Waals surface area contributed by atoms with Gasteiger partial charge in [0, 0.05) is 19.1 Å². The number of ether oxygens (including phenoxy) is 2. The molecule has 19 heavy (non-hydrogen) atoms. The van der Waals surface area contributed by atoms with E-state index in [4.69, 9.17) is 9.47 Å². The summed E-state index contributed by atoms with van der Waals surface area (Å²) in [6.45, 7) is 0.825. The van der Waals surface area contributed by atoms with Crippen LogP contribution in [0.25, 0.3) is 0 Å². The fourth-order valence-corrected chi connectivity index (χ4v) is 2.35. The first kappa shape index (κ1) is 14.0. The molecule has 1 atom stereocenters. The number of rotatable bonds is 6. The lowest BCUT2D eigenvalue weighted by Crippen LogP contribution is -2.07. The van der Waals surface area contributed by atoms with Crippen LogP contribution in [0.2, 0.25) is 0 Å². The number of hydrogen-bond donors (Lipinski definition) is 0. The molecule has 0 aromatic heterocycles. The van der Waals surface area contributed by atoms with Gasteiger partial charge in [0.25, 0.3) is 0 Å². The molecular weight excluding hydrogens is 247 g/mol. The number of halogens is 1. The Hall–Kier alpha value is -1.42. The molecule has 1 aromatic carbocycles. The van der Waals surface area contributed by atoms with Gasteiger partial charge in [-0.2, -0.15) is 0 Å². The summed E-state index contributed by atoms with van der Waals surface area (Å²) in [5, 5.41) is 0. The fourth-order valence-electron chi connectivity index (χ4n) is 2.35. The molecule has 0 saturated carbocycles.